The van der Waals surface area contributed by atoms with Gasteiger partial charge in [-0.2, -0.15) is 0 Å². The molecule has 1 aliphatic heterocycles. The van der Waals surface area contributed by atoms with Crippen molar-refractivity contribution in [3.8, 4) is 0 Å². The predicted molar refractivity (Wildman–Crippen MR) is 70.8 cm³/mol. The molecule has 0 radical (unpaired) electrons. The lowest BCUT2D eigenvalue weighted by Crippen LogP contribution is -2.17. The molecule has 0 aliphatic carbocycles. The zero-order valence-corrected chi connectivity index (χ0v) is 12.0. The van der Waals surface area contributed by atoms with Gasteiger partial charge in [-0.25, -0.2) is 0 Å². The summed E-state index contributed by atoms with van der Waals surface area (Å²) in [6.07, 6.45) is 3.31. The summed E-state index contributed by atoms with van der Waals surface area (Å²) in [5.41, 5.74) is 0. The minimum atomic E-state index is 0.292. The number of likely N-dealkylation sites (tertiary alicyclic amines) is 1. The Morgan fingerprint density at radius 2 is 1.65 bits per heavy atom. The zero-order valence-electron chi connectivity index (χ0n) is 12.0. The third-order valence-electron chi connectivity index (χ3n) is 2.58. The van der Waals surface area contributed by atoms with Crippen molar-refractivity contribution >= 4 is 11.7 Å². The average Bonchev–Trinajstić information content (AvgIpc) is 2.48. The van der Waals surface area contributed by atoms with E-state index in [4.69, 9.17) is 0 Å². The van der Waals surface area contributed by atoms with Gasteiger partial charge in [-0.3, -0.25) is 9.59 Å². The summed E-state index contributed by atoms with van der Waals surface area (Å²) in [5, 5.41) is 0. The summed E-state index contributed by atoms with van der Waals surface area (Å²) in [6, 6.07) is 0. The van der Waals surface area contributed by atoms with Gasteiger partial charge >= 0.3 is 0 Å². The Morgan fingerprint density at radius 3 is 1.82 bits per heavy atom. The fourth-order valence-electron chi connectivity index (χ4n) is 1.78. The number of Topliss-reactive ketones (excluding diaryl/α,β-unsaturated/α-hetero) is 1. The molecule has 0 unspecified atom stereocenters. The monoisotopic (exact) mass is 241 g/mol. The van der Waals surface area contributed by atoms with Crippen LogP contribution in [0.3, 0.4) is 0 Å². The predicted octanol–water partition coefficient (Wildman–Crippen LogP) is 2.89. The molecule has 0 aromatic rings. The molecule has 17 heavy (non-hydrogen) atoms. The molecular formula is C14H27NO2. The minimum Gasteiger partial charge on any atom is -0.346 e. The maximum absolute atomic E-state index is 11.1. The maximum atomic E-state index is 11.1. The number of ketones is 1. The highest BCUT2D eigenvalue weighted by molar-refractivity contribution is 5.78. The van der Waals surface area contributed by atoms with E-state index in [0.717, 1.165) is 32.2 Å². The molecule has 0 aromatic carbocycles. The first kappa shape index (κ1) is 16.1. The van der Waals surface area contributed by atoms with E-state index < -0.39 is 0 Å². The highest BCUT2D eigenvalue weighted by Crippen LogP contribution is 2.07. The summed E-state index contributed by atoms with van der Waals surface area (Å²) < 4.78 is 0. The normalized spacial score (nSPS) is 15.2. The number of rotatable bonds is 4. The number of hydrogen-bond donors (Lipinski definition) is 0. The van der Waals surface area contributed by atoms with Gasteiger partial charge in [-0.05, 0) is 18.3 Å². The fourth-order valence-corrected chi connectivity index (χ4v) is 1.78. The van der Waals surface area contributed by atoms with Crippen molar-refractivity contribution in [3.63, 3.8) is 0 Å². The smallest absolute Gasteiger partial charge is 0.222 e. The zero-order chi connectivity index (χ0) is 13.4. The molecule has 0 N–H and O–H groups in total. The summed E-state index contributed by atoms with van der Waals surface area (Å²) >= 11 is 0. The van der Waals surface area contributed by atoms with Crippen LogP contribution in [0.25, 0.3) is 0 Å². The second kappa shape index (κ2) is 8.26. The van der Waals surface area contributed by atoms with Crippen molar-refractivity contribution in [1.29, 1.82) is 0 Å². The maximum Gasteiger partial charge on any atom is 0.222 e. The third-order valence-corrected chi connectivity index (χ3v) is 2.58. The van der Waals surface area contributed by atoms with Crippen LogP contribution in [0.5, 0.6) is 0 Å². The van der Waals surface area contributed by atoms with Crippen LogP contribution in [0, 0.1) is 11.8 Å². The van der Waals surface area contributed by atoms with E-state index in [-0.39, 0.29) is 0 Å². The van der Waals surface area contributed by atoms with Crippen LogP contribution in [-0.2, 0) is 9.59 Å². The van der Waals surface area contributed by atoms with Gasteiger partial charge < -0.3 is 4.90 Å². The van der Waals surface area contributed by atoms with E-state index >= 15 is 0 Å². The number of carbonyl (C=O) groups excluding carboxylic acids is 2. The first-order valence-electron chi connectivity index (χ1n) is 6.58. The van der Waals surface area contributed by atoms with E-state index in [1.54, 1.807) is 4.90 Å². The molecule has 1 fully saturated rings. The van der Waals surface area contributed by atoms with Crippen LogP contribution < -0.4 is 0 Å². The average molecular weight is 241 g/mol. The molecule has 3 nitrogen and oxygen atoms in total. The topological polar surface area (TPSA) is 37.4 Å². The largest absolute Gasteiger partial charge is 0.346 e. The molecule has 0 aromatic heterocycles. The van der Waals surface area contributed by atoms with Crippen LogP contribution >= 0.6 is 0 Å². The van der Waals surface area contributed by atoms with E-state index in [1.807, 2.05) is 7.05 Å². The van der Waals surface area contributed by atoms with Crippen LogP contribution in [0.15, 0.2) is 0 Å². The van der Waals surface area contributed by atoms with E-state index in [1.165, 1.54) is 0 Å². The number of carbonyl (C=O) groups is 2. The molecule has 0 saturated carbocycles. The molecule has 0 bridgehead atoms. The Kier molecular flexibility index (Phi) is 7.85. The van der Waals surface area contributed by atoms with Gasteiger partial charge in [0.15, 0.2) is 0 Å². The van der Waals surface area contributed by atoms with E-state index in [9.17, 15) is 9.59 Å². The first-order valence-corrected chi connectivity index (χ1v) is 6.58. The summed E-state index contributed by atoms with van der Waals surface area (Å²) in [7, 11) is 1.84. The van der Waals surface area contributed by atoms with E-state index in [2.05, 4.69) is 27.7 Å². The molecule has 1 saturated heterocycles. The lowest BCUT2D eigenvalue weighted by atomic mass is 10.00. The summed E-state index contributed by atoms with van der Waals surface area (Å²) in [6.45, 7) is 9.28. The standard InChI is InChI=1S/C9H18O.C5H9NO/c1-7(2)5-9(10)6-8(3)4;1-6-4-2-3-5(6)7/h7-8H,5-6H2,1-4H3;2-4H2,1H3. The molecule has 1 amide bonds. The Morgan fingerprint density at radius 1 is 1.18 bits per heavy atom. The van der Waals surface area contributed by atoms with Gasteiger partial charge in [-0.1, -0.05) is 27.7 Å². The van der Waals surface area contributed by atoms with Gasteiger partial charge in [0.2, 0.25) is 5.91 Å². The van der Waals surface area contributed by atoms with Crippen molar-refractivity contribution < 1.29 is 9.59 Å². The van der Waals surface area contributed by atoms with Crippen molar-refractivity contribution in [3.05, 3.63) is 0 Å². The molecule has 0 spiro atoms. The van der Waals surface area contributed by atoms with Crippen LogP contribution in [0.2, 0.25) is 0 Å². The van der Waals surface area contributed by atoms with Crippen molar-refractivity contribution in [2.24, 2.45) is 11.8 Å². The molecule has 1 aliphatic rings. The first-order chi connectivity index (χ1) is 7.82. The highest BCUT2D eigenvalue weighted by atomic mass is 16.2. The van der Waals surface area contributed by atoms with Crippen molar-refractivity contribution in [2.75, 3.05) is 13.6 Å². The van der Waals surface area contributed by atoms with Gasteiger partial charge in [-0.15, -0.1) is 0 Å². The highest BCUT2D eigenvalue weighted by Gasteiger charge is 2.14. The molecule has 100 valence electrons. The third kappa shape index (κ3) is 8.90. The summed E-state index contributed by atoms with van der Waals surface area (Å²) in [4.78, 5) is 23.3. The molecule has 0 atom stereocenters. The molecular weight excluding hydrogens is 214 g/mol. The van der Waals surface area contributed by atoms with Crippen LogP contribution in [0.1, 0.15) is 53.4 Å². The van der Waals surface area contributed by atoms with Crippen LogP contribution in [-0.4, -0.2) is 30.2 Å². The molecule has 1 rings (SSSR count). The van der Waals surface area contributed by atoms with Gasteiger partial charge in [0.1, 0.15) is 5.78 Å². The van der Waals surface area contributed by atoms with Gasteiger partial charge in [0.05, 0.1) is 0 Å². The van der Waals surface area contributed by atoms with Crippen molar-refractivity contribution in [1.82, 2.24) is 4.90 Å². The lowest BCUT2D eigenvalue weighted by molar-refractivity contribution is -0.126. The number of hydrogen-bond acceptors (Lipinski definition) is 2. The Bertz CT molecular complexity index is 235. The Labute approximate surface area is 106 Å². The molecule has 3 heteroatoms. The van der Waals surface area contributed by atoms with Gasteiger partial charge in [0.25, 0.3) is 0 Å². The Hall–Kier alpha value is -0.860. The SMILES string of the molecule is CC(C)CC(=O)CC(C)C.CN1CCCC1=O. The summed E-state index contributed by atoms with van der Waals surface area (Å²) in [5.74, 6) is 1.74. The lowest BCUT2D eigenvalue weighted by Gasteiger charge is -2.05. The van der Waals surface area contributed by atoms with E-state index in [0.29, 0.717) is 23.5 Å². The Balaban J connectivity index is 0.000000318. The molecule has 1 heterocycles. The minimum absolute atomic E-state index is 0.292. The fraction of sp³-hybridized carbons (Fsp3) is 0.857. The quantitative estimate of drug-likeness (QED) is 0.759. The van der Waals surface area contributed by atoms with Crippen LogP contribution in [0.4, 0.5) is 0 Å². The number of amides is 1. The number of nitrogens with zero attached hydrogens (tertiary/aromatic N) is 1. The van der Waals surface area contributed by atoms with Crippen molar-refractivity contribution in [2.45, 2.75) is 53.4 Å². The second-order valence-electron chi connectivity index (χ2n) is 5.65. The second-order valence-corrected chi connectivity index (χ2v) is 5.65. The van der Waals surface area contributed by atoms with Gasteiger partial charge in [0, 0.05) is 32.9 Å².